The van der Waals surface area contributed by atoms with Crippen LogP contribution >= 0.6 is 0 Å². The number of ether oxygens (including phenoxy) is 2. The molecule has 6 saturated carbocycles. The van der Waals surface area contributed by atoms with E-state index in [1.807, 2.05) is 0 Å². The maximum Gasteiger partial charge on any atom is 0.0983 e. The molecule has 4 nitrogen and oxygen atoms in total. The lowest BCUT2D eigenvalue weighted by Gasteiger charge is -2.38. The van der Waals surface area contributed by atoms with E-state index in [4.69, 9.17) is 9.47 Å². The molecule has 0 aromatic rings. The molecule has 130 valence electrons. The highest BCUT2D eigenvalue weighted by atomic mass is 16.5. The Morgan fingerprint density at radius 3 is 1.50 bits per heavy atom. The zero-order valence-corrected chi connectivity index (χ0v) is 13.9. The van der Waals surface area contributed by atoms with Gasteiger partial charge in [0.15, 0.2) is 0 Å². The van der Waals surface area contributed by atoms with E-state index >= 15 is 0 Å². The van der Waals surface area contributed by atoms with E-state index in [2.05, 4.69) is 0 Å². The minimum Gasteiger partial charge on any atom is -0.393 e. The molecule has 0 amide bonds. The molecule has 8 fully saturated rings. The van der Waals surface area contributed by atoms with Crippen LogP contribution in [0, 0.1) is 59.2 Å². The Morgan fingerprint density at radius 1 is 0.625 bits per heavy atom. The molecule has 4 heteroatoms. The Kier molecular flexibility index (Phi) is 1.90. The van der Waals surface area contributed by atoms with E-state index in [9.17, 15) is 10.2 Å². The lowest BCUT2D eigenvalue weighted by atomic mass is 9.72. The Bertz CT molecular complexity index is 610. The van der Waals surface area contributed by atoms with E-state index in [-0.39, 0.29) is 24.4 Å². The molecule has 0 radical (unpaired) electrons. The minimum absolute atomic E-state index is 0.232. The summed E-state index contributed by atoms with van der Waals surface area (Å²) in [5.74, 6) is 6.15. The van der Waals surface area contributed by atoms with Crippen molar-refractivity contribution in [1.82, 2.24) is 0 Å². The molecule has 0 aromatic heterocycles. The summed E-state index contributed by atoms with van der Waals surface area (Å²) in [4.78, 5) is 0. The van der Waals surface area contributed by atoms with E-state index in [0.717, 1.165) is 12.8 Å². The average Bonchev–Trinajstić information content (AvgIpc) is 3.36. The van der Waals surface area contributed by atoms with Gasteiger partial charge in [-0.15, -0.1) is 0 Å². The van der Waals surface area contributed by atoms with Crippen molar-refractivity contribution in [2.45, 2.75) is 49.1 Å². The maximum atomic E-state index is 10.6. The van der Waals surface area contributed by atoms with Crippen LogP contribution < -0.4 is 0 Å². The first-order valence-electron chi connectivity index (χ1n) is 10.3. The van der Waals surface area contributed by atoms with Gasteiger partial charge in [-0.3, -0.25) is 0 Å². The molecule has 2 saturated heterocycles. The van der Waals surface area contributed by atoms with Gasteiger partial charge in [-0.05, 0) is 84.9 Å². The summed E-state index contributed by atoms with van der Waals surface area (Å²) < 4.78 is 13.6. The normalized spacial score (nSPS) is 77.2. The van der Waals surface area contributed by atoms with Gasteiger partial charge in [-0.1, -0.05) is 0 Å². The molecule has 6 aliphatic carbocycles. The molecule has 2 aliphatic heterocycles. The fourth-order valence-electron chi connectivity index (χ4n) is 11.1. The quantitative estimate of drug-likeness (QED) is 0.795. The summed E-state index contributed by atoms with van der Waals surface area (Å²) in [6, 6.07) is 0. The van der Waals surface area contributed by atoms with Crippen molar-refractivity contribution in [2.24, 2.45) is 59.2 Å². The van der Waals surface area contributed by atoms with E-state index in [1.165, 1.54) is 12.8 Å². The molecular formula is C20H26O4. The van der Waals surface area contributed by atoms with E-state index in [0.29, 0.717) is 71.4 Å². The van der Waals surface area contributed by atoms with Gasteiger partial charge >= 0.3 is 0 Å². The fraction of sp³-hybridized carbons (Fsp3) is 1.00. The monoisotopic (exact) mass is 330 g/mol. The fourth-order valence-corrected chi connectivity index (χ4v) is 11.1. The Labute approximate surface area is 141 Å². The van der Waals surface area contributed by atoms with E-state index in [1.54, 1.807) is 0 Å². The van der Waals surface area contributed by atoms with Crippen LogP contribution in [-0.4, -0.2) is 46.8 Å². The third kappa shape index (κ3) is 0.915. The molecule has 2 N–H and O–H groups in total. The molecule has 0 bridgehead atoms. The molecule has 14 atom stereocenters. The van der Waals surface area contributed by atoms with Gasteiger partial charge in [0.2, 0.25) is 0 Å². The molecule has 0 spiro atoms. The van der Waals surface area contributed by atoms with Crippen LogP contribution in [-0.2, 0) is 9.47 Å². The van der Waals surface area contributed by atoms with Crippen molar-refractivity contribution in [1.29, 1.82) is 0 Å². The first-order chi connectivity index (χ1) is 11.8. The lowest BCUT2D eigenvalue weighted by Crippen LogP contribution is -2.48. The van der Waals surface area contributed by atoms with Gasteiger partial charge < -0.3 is 19.7 Å². The number of hydrogen-bond acceptors (Lipinski definition) is 4. The highest BCUT2D eigenvalue weighted by Gasteiger charge is 2.89. The summed E-state index contributed by atoms with van der Waals surface area (Å²) >= 11 is 0. The second kappa shape index (κ2) is 3.49. The topological polar surface area (TPSA) is 58.9 Å². The van der Waals surface area contributed by atoms with Crippen LogP contribution in [0.5, 0.6) is 0 Å². The zero-order chi connectivity index (χ0) is 15.6. The molecule has 24 heavy (non-hydrogen) atoms. The highest BCUT2D eigenvalue weighted by molar-refractivity contribution is 5.36. The highest BCUT2D eigenvalue weighted by Crippen LogP contribution is 2.86. The number of aliphatic hydroxyl groups is 2. The maximum absolute atomic E-state index is 10.6. The van der Waals surface area contributed by atoms with Gasteiger partial charge in [0, 0.05) is 0 Å². The predicted octanol–water partition coefficient (Wildman–Crippen LogP) is 1.05. The summed E-state index contributed by atoms with van der Waals surface area (Å²) in [5.41, 5.74) is -0.465. The Morgan fingerprint density at radius 2 is 1.08 bits per heavy atom. The second-order valence-electron chi connectivity index (χ2n) is 10.4. The number of fused-ring (bicyclic) bond motifs is 4. The van der Waals surface area contributed by atoms with E-state index < -0.39 is 0 Å². The average molecular weight is 330 g/mol. The Hall–Kier alpha value is -0.160. The molecule has 0 aromatic carbocycles. The molecule has 8 rings (SSSR count). The second-order valence-corrected chi connectivity index (χ2v) is 10.4. The van der Waals surface area contributed by atoms with Gasteiger partial charge in [-0.25, -0.2) is 0 Å². The number of hydrogen-bond donors (Lipinski definition) is 2. The van der Waals surface area contributed by atoms with Crippen molar-refractivity contribution in [3.05, 3.63) is 0 Å². The Balaban J connectivity index is 1.44. The van der Waals surface area contributed by atoms with Crippen molar-refractivity contribution in [2.75, 3.05) is 13.2 Å². The standard InChI is InChI=1S/C20H26O4/c21-5-19-15-7-1-3-9-11(7)17-13(15)14-16(20(17,6-22)23-9)8-2-4-10(24-19)12(8)18(14)19/h7-18,21-22H,1-6H2/t7-,8+,9-,10-,11-,12+,13+,14+,15-,16+,17+,18+,19-,20+/m0/s1. The summed E-state index contributed by atoms with van der Waals surface area (Å²) in [5, 5.41) is 21.2. The zero-order valence-electron chi connectivity index (χ0n) is 13.9. The van der Waals surface area contributed by atoms with Gasteiger partial charge in [0.25, 0.3) is 0 Å². The lowest BCUT2D eigenvalue weighted by molar-refractivity contribution is -0.147. The van der Waals surface area contributed by atoms with Crippen molar-refractivity contribution >= 4 is 0 Å². The largest absolute Gasteiger partial charge is 0.393 e. The first kappa shape index (κ1) is 13.1. The molecule has 8 aliphatic rings. The van der Waals surface area contributed by atoms with Gasteiger partial charge in [0.1, 0.15) is 0 Å². The van der Waals surface area contributed by atoms with Crippen molar-refractivity contribution < 1.29 is 19.7 Å². The van der Waals surface area contributed by atoms with Crippen LogP contribution in [0.2, 0.25) is 0 Å². The van der Waals surface area contributed by atoms with Crippen LogP contribution in [0.1, 0.15) is 25.7 Å². The van der Waals surface area contributed by atoms with Crippen LogP contribution in [0.25, 0.3) is 0 Å². The predicted molar refractivity (Wildman–Crippen MR) is 82.7 cm³/mol. The first-order valence-corrected chi connectivity index (χ1v) is 10.3. The van der Waals surface area contributed by atoms with Gasteiger partial charge in [-0.2, -0.15) is 0 Å². The third-order valence-electron chi connectivity index (χ3n) is 10.8. The number of rotatable bonds is 2. The summed E-state index contributed by atoms with van der Waals surface area (Å²) in [6.07, 6.45) is 5.59. The number of aliphatic hydroxyl groups excluding tert-OH is 2. The summed E-state index contributed by atoms with van der Waals surface area (Å²) in [7, 11) is 0. The molecule has 2 heterocycles. The van der Waals surface area contributed by atoms with Crippen molar-refractivity contribution in [3.63, 3.8) is 0 Å². The molecule has 0 unspecified atom stereocenters. The summed E-state index contributed by atoms with van der Waals surface area (Å²) in [6.45, 7) is 0.463. The van der Waals surface area contributed by atoms with Crippen LogP contribution in [0.15, 0.2) is 0 Å². The van der Waals surface area contributed by atoms with Gasteiger partial charge in [0.05, 0.1) is 36.6 Å². The van der Waals surface area contributed by atoms with Crippen LogP contribution in [0.3, 0.4) is 0 Å². The SMILES string of the molecule is OC[C@]12O[C@H]3CC[C@H]4[C@@H]3[C@@H]1[C@@H]1[C@H]3[C@H]5[C@@H]6[C@@H](CC[C@@H]6O[C@@]5(CO)[C@@H]41)[C@H]32. The van der Waals surface area contributed by atoms with Crippen molar-refractivity contribution in [3.8, 4) is 0 Å². The molecular weight excluding hydrogens is 304 g/mol. The smallest absolute Gasteiger partial charge is 0.0983 e. The minimum atomic E-state index is -0.233. The third-order valence-corrected chi connectivity index (χ3v) is 10.8. The van der Waals surface area contributed by atoms with Crippen LogP contribution in [0.4, 0.5) is 0 Å².